The molecule has 3 heterocycles. The Morgan fingerprint density at radius 3 is 2.47 bits per heavy atom. The molecule has 34 heavy (non-hydrogen) atoms. The lowest BCUT2D eigenvalue weighted by Gasteiger charge is -2.34. The average molecular weight is 457 g/mol. The van der Waals surface area contributed by atoms with Gasteiger partial charge in [-0.2, -0.15) is 4.98 Å². The van der Waals surface area contributed by atoms with E-state index in [-0.39, 0.29) is 5.69 Å². The van der Waals surface area contributed by atoms with Crippen LogP contribution in [0.5, 0.6) is 5.75 Å². The van der Waals surface area contributed by atoms with Crippen molar-refractivity contribution in [2.45, 2.75) is 6.42 Å². The van der Waals surface area contributed by atoms with Gasteiger partial charge in [0.05, 0.1) is 17.8 Å². The van der Waals surface area contributed by atoms with Gasteiger partial charge in [0.2, 0.25) is 5.95 Å². The second kappa shape index (κ2) is 10.0. The monoisotopic (exact) mass is 456 g/mol. The molecule has 8 nitrogen and oxygen atoms in total. The van der Waals surface area contributed by atoms with Gasteiger partial charge < -0.3 is 9.64 Å². The molecule has 0 unspecified atom stereocenters. The summed E-state index contributed by atoms with van der Waals surface area (Å²) < 4.78 is 7.66. The van der Waals surface area contributed by atoms with Gasteiger partial charge in [-0.3, -0.25) is 9.47 Å². The maximum absolute atomic E-state index is 12.4. The minimum absolute atomic E-state index is 0.265. The molecule has 5 rings (SSSR count). The number of benzene rings is 2. The fraction of sp³-hybridized carbons (Fsp3) is 0.308. The van der Waals surface area contributed by atoms with E-state index in [0.29, 0.717) is 12.3 Å². The predicted octanol–water partition coefficient (Wildman–Crippen LogP) is 2.98. The number of hydrogen-bond acceptors (Lipinski definition) is 7. The first-order valence-electron chi connectivity index (χ1n) is 11.6. The molecule has 8 heteroatoms. The standard InChI is InChI=1S/C26H28N6O2/c1-30-23-10-9-21(19-22(23)24(29-26(30)33)20-7-3-2-4-8-20)34-18-6-13-31-14-16-32(17-15-31)25-27-11-5-12-28-25/h2-5,7-12,19H,6,13-18H2,1H3. The van der Waals surface area contributed by atoms with Crippen molar-refractivity contribution in [3.63, 3.8) is 0 Å². The van der Waals surface area contributed by atoms with Gasteiger partial charge in [0, 0.05) is 63.1 Å². The van der Waals surface area contributed by atoms with Crippen LogP contribution in [-0.4, -0.2) is 63.7 Å². The molecular formula is C26H28N6O2. The van der Waals surface area contributed by atoms with E-state index >= 15 is 0 Å². The van der Waals surface area contributed by atoms with E-state index in [1.165, 1.54) is 0 Å². The van der Waals surface area contributed by atoms with Gasteiger partial charge in [0.1, 0.15) is 5.75 Å². The van der Waals surface area contributed by atoms with Crippen LogP contribution in [-0.2, 0) is 7.05 Å². The molecule has 0 atom stereocenters. The summed E-state index contributed by atoms with van der Waals surface area (Å²) in [5.41, 5.74) is 2.18. The second-order valence-corrected chi connectivity index (χ2v) is 8.43. The lowest BCUT2D eigenvalue weighted by Crippen LogP contribution is -2.47. The van der Waals surface area contributed by atoms with E-state index in [4.69, 9.17) is 4.74 Å². The van der Waals surface area contributed by atoms with Crippen LogP contribution >= 0.6 is 0 Å². The third-order valence-corrected chi connectivity index (χ3v) is 6.22. The van der Waals surface area contributed by atoms with Crippen LogP contribution in [0.3, 0.4) is 0 Å². The Morgan fingerprint density at radius 1 is 0.941 bits per heavy atom. The van der Waals surface area contributed by atoms with Crippen LogP contribution in [0.4, 0.5) is 5.95 Å². The van der Waals surface area contributed by atoms with Crippen LogP contribution in [0, 0.1) is 0 Å². The number of aromatic nitrogens is 4. The highest BCUT2D eigenvalue weighted by molar-refractivity contribution is 5.93. The van der Waals surface area contributed by atoms with Crippen molar-refractivity contribution in [3.05, 3.63) is 77.5 Å². The number of anilines is 1. The summed E-state index contributed by atoms with van der Waals surface area (Å²) in [7, 11) is 1.75. The van der Waals surface area contributed by atoms with Crippen LogP contribution in [0.1, 0.15) is 6.42 Å². The summed E-state index contributed by atoms with van der Waals surface area (Å²) >= 11 is 0. The number of ether oxygens (including phenoxy) is 1. The molecule has 1 fully saturated rings. The Labute approximate surface area is 198 Å². The van der Waals surface area contributed by atoms with Crippen LogP contribution < -0.4 is 15.3 Å². The molecule has 0 N–H and O–H groups in total. The smallest absolute Gasteiger partial charge is 0.348 e. The molecule has 0 spiro atoms. The molecule has 2 aromatic heterocycles. The molecule has 174 valence electrons. The van der Waals surface area contributed by atoms with Gasteiger partial charge in [-0.05, 0) is 30.7 Å². The molecule has 0 radical (unpaired) electrons. The molecule has 1 aliphatic heterocycles. The zero-order chi connectivity index (χ0) is 23.3. The number of aryl methyl sites for hydroxylation is 1. The minimum Gasteiger partial charge on any atom is -0.494 e. The molecule has 0 amide bonds. The van der Waals surface area contributed by atoms with Gasteiger partial charge in [0.25, 0.3) is 0 Å². The summed E-state index contributed by atoms with van der Waals surface area (Å²) in [6.07, 6.45) is 4.52. The molecule has 0 aliphatic carbocycles. The Kier molecular flexibility index (Phi) is 6.49. The first-order chi connectivity index (χ1) is 16.7. The molecule has 1 aliphatic rings. The van der Waals surface area contributed by atoms with E-state index in [1.54, 1.807) is 24.0 Å². The Balaban J connectivity index is 1.20. The molecule has 1 saturated heterocycles. The average Bonchev–Trinajstić information content (AvgIpc) is 2.90. The predicted molar refractivity (Wildman–Crippen MR) is 133 cm³/mol. The fourth-order valence-electron chi connectivity index (χ4n) is 4.34. The van der Waals surface area contributed by atoms with Crippen molar-refractivity contribution in [1.82, 2.24) is 24.4 Å². The third-order valence-electron chi connectivity index (χ3n) is 6.22. The van der Waals surface area contributed by atoms with Crippen LogP contribution in [0.2, 0.25) is 0 Å². The largest absolute Gasteiger partial charge is 0.494 e. The summed E-state index contributed by atoms with van der Waals surface area (Å²) in [6.45, 7) is 5.48. The number of piperazine rings is 1. The second-order valence-electron chi connectivity index (χ2n) is 8.43. The highest BCUT2D eigenvalue weighted by Gasteiger charge is 2.18. The maximum Gasteiger partial charge on any atom is 0.348 e. The Bertz CT molecular complexity index is 1300. The van der Waals surface area contributed by atoms with Crippen molar-refractivity contribution >= 4 is 16.9 Å². The van der Waals surface area contributed by atoms with E-state index in [1.807, 2.05) is 54.6 Å². The van der Waals surface area contributed by atoms with E-state index in [9.17, 15) is 4.79 Å². The third kappa shape index (κ3) is 4.77. The van der Waals surface area contributed by atoms with Crippen molar-refractivity contribution in [2.24, 2.45) is 7.05 Å². The maximum atomic E-state index is 12.4. The lowest BCUT2D eigenvalue weighted by atomic mass is 10.1. The highest BCUT2D eigenvalue weighted by atomic mass is 16.5. The molecule has 0 saturated carbocycles. The Morgan fingerprint density at radius 2 is 1.71 bits per heavy atom. The lowest BCUT2D eigenvalue weighted by molar-refractivity contribution is 0.224. The SMILES string of the molecule is Cn1c(=O)nc(-c2ccccc2)c2cc(OCCCN3CCN(c4ncccn4)CC3)ccc21. The van der Waals surface area contributed by atoms with E-state index in [0.717, 1.165) is 67.3 Å². The number of rotatable bonds is 7. The summed E-state index contributed by atoms with van der Waals surface area (Å²) in [6, 6.07) is 17.5. The van der Waals surface area contributed by atoms with Gasteiger partial charge in [-0.15, -0.1) is 0 Å². The zero-order valence-electron chi connectivity index (χ0n) is 19.3. The van der Waals surface area contributed by atoms with Crippen molar-refractivity contribution < 1.29 is 4.74 Å². The topological polar surface area (TPSA) is 76.4 Å². The van der Waals surface area contributed by atoms with Gasteiger partial charge >= 0.3 is 5.69 Å². The zero-order valence-corrected chi connectivity index (χ0v) is 19.3. The normalized spacial score (nSPS) is 14.4. The van der Waals surface area contributed by atoms with E-state index < -0.39 is 0 Å². The van der Waals surface area contributed by atoms with Crippen LogP contribution in [0.25, 0.3) is 22.2 Å². The van der Waals surface area contributed by atoms with Gasteiger partial charge in [-0.1, -0.05) is 30.3 Å². The number of hydrogen-bond donors (Lipinski definition) is 0. The first-order valence-corrected chi connectivity index (χ1v) is 11.6. The molecular weight excluding hydrogens is 428 g/mol. The van der Waals surface area contributed by atoms with Gasteiger partial charge in [0.15, 0.2) is 0 Å². The number of fused-ring (bicyclic) bond motifs is 1. The van der Waals surface area contributed by atoms with Crippen molar-refractivity contribution in [3.8, 4) is 17.0 Å². The fourth-order valence-corrected chi connectivity index (χ4v) is 4.34. The molecule has 0 bridgehead atoms. The van der Waals surface area contributed by atoms with Crippen molar-refractivity contribution in [1.29, 1.82) is 0 Å². The first kappa shape index (κ1) is 22.0. The van der Waals surface area contributed by atoms with Gasteiger partial charge in [-0.25, -0.2) is 14.8 Å². The van der Waals surface area contributed by atoms with Crippen molar-refractivity contribution in [2.75, 3.05) is 44.2 Å². The summed E-state index contributed by atoms with van der Waals surface area (Å²) in [5, 5.41) is 0.907. The quantitative estimate of drug-likeness (QED) is 0.396. The minimum atomic E-state index is -0.265. The molecule has 2 aromatic carbocycles. The highest BCUT2D eigenvalue weighted by Crippen LogP contribution is 2.28. The summed E-state index contributed by atoms with van der Waals surface area (Å²) in [5.74, 6) is 1.60. The van der Waals surface area contributed by atoms with Crippen LogP contribution in [0.15, 0.2) is 71.8 Å². The molecule has 4 aromatic rings. The summed E-state index contributed by atoms with van der Waals surface area (Å²) in [4.78, 5) is 30.1. The van der Waals surface area contributed by atoms with E-state index in [2.05, 4.69) is 24.8 Å². The Hall–Kier alpha value is -3.78. The number of nitrogens with zero attached hydrogens (tertiary/aromatic N) is 6.